The van der Waals surface area contributed by atoms with Gasteiger partial charge in [0, 0.05) is 23.1 Å². The molecule has 5 nitrogen and oxygen atoms in total. The summed E-state index contributed by atoms with van der Waals surface area (Å²) in [6.45, 7) is 6.31. The van der Waals surface area contributed by atoms with E-state index in [4.69, 9.17) is 9.72 Å². The molecule has 0 bridgehead atoms. The molecule has 0 saturated heterocycles. The topological polar surface area (TPSA) is 68.3 Å². The van der Waals surface area contributed by atoms with Crippen molar-refractivity contribution in [2.24, 2.45) is 0 Å². The summed E-state index contributed by atoms with van der Waals surface area (Å²) < 4.78 is 34.4. The van der Waals surface area contributed by atoms with Gasteiger partial charge in [0.05, 0.1) is 12.8 Å². The molecule has 34 heavy (non-hydrogen) atoms. The molecule has 0 aliphatic rings. The average Bonchev–Trinajstić information content (AvgIpc) is 3.33. The fourth-order valence-corrected chi connectivity index (χ4v) is 5.61. The van der Waals surface area contributed by atoms with Gasteiger partial charge >= 0.3 is 0 Å². The Labute approximate surface area is 205 Å². The Hall–Kier alpha value is -3.00. The number of benzene rings is 3. The number of nitrogens with one attached hydrogen (secondary N) is 1. The maximum atomic E-state index is 13.2. The van der Waals surface area contributed by atoms with Gasteiger partial charge in [-0.05, 0) is 34.7 Å². The molecule has 3 aromatic carbocycles. The van der Waals surface area contributed by atoms with E-state index in [1.165, 1.54) is 7.11 Å². The van der Waals surface area contributed by atoms with Gasteiger partial charge < -0.3 is 4.74 Å². The maximum Gasteiger partial charge on any atom is 0.244 e. The highest BCUT2D eigenvalue weighted by molar-refractivity contribution is 7.89. The summed E-state index contributed by atoms with van der Waals surface area (Å²) in [4.78, 5) is 4.91. The van der Waals surface area contributed by atoms with Crippen LogP contribution in [-0.2, 0) is 22.0 Å². The first-order valence-corrected chi connectivity index (χ1v) is 13.3. The average molecular weight is 493 g/mol. The predicted octanol–water partition coefficient (Wildman–Crippen LogP) is 6.26. The van der Waals surface area contributed by atoms with Gasteiger partial charge in [-0.25, -0.2) is 18.1 Å². The number of nitrogens with zero attached hydrogens (tertiary/aromatic N) is 1. The van der Waals surface area contributed by atoms with Crippen molar-refractivity contribution in [2.75, 3.05) is 7.11 Å². The lowest BCUT2D eigenvalue weighted by Gasteiger charge is -2.21. The molecule has 1 N–H and O–H groups in total. The van der Waals surface area contributed by atoms with Gasteiger partial charge in [-0.3, -0.25) is 0 Å². The van der Waals surface area contributed by atoms with Gasteiger partial charge in [0.2, 0.25) is 10.0 Å². The predicted molar refractivity (Wildman–Crippen MR) is 139 cm³/mol. The molecule has 176 valence electrons. The van der Waals surface area contributed by atoms with Crippen LogP contribution < -0.4 is 9.46 Å². The highest BCUT2D eigenvalue weighted by atomic mass is 32.2. The summed E-state index contributed by atoms with van der Waals surface area (Å²) in [7, 11) is -2.30. The number of methoxy groups -OCH3 is 1. The van der Waals surface area contributed by atoms with Gasteiger partial charge in [-0.2, -0.15) is 0 Å². The summed E-state index contributed by atoms with van der Waals surface area (Å²) >= 11 is 1.57. The summed E-state index contributed by atoms with van der Waals surface area (Å²) in [6.07, 6.45) is 0. The van der Waals surface area contributed by atoms with Gasteiger partial charge in [0.15, 0.2) is 0 Å². The fourth-order valence-electron chi connectivity index (χ4n) is 3.57. The largest absolute Gasteiger partial charge is 0.495 e. The zero-order chi connectivity index (χ0) is 24.3. The minimum absolute atomic E-state index is 0.144. The van der Waals surface area contributed by atoms with Crippen LogP contribution in [-0.4, -0.2) is 20.5 Å². The minimum Gasteiger partial charge on any atom is -0.495 e. The van der Waals surface area contributed by atoms with E-state index >= 15 is 0 Å². The van der Waals surface area contributed by atoms with E-state index in [0.717, 1.165) is 33.0 Å². The van der Waals surface area contributed by atoms with Crippen LogP contribution >= 0.6 is 11.3 Å². The van der Waals surface area contributed by atoms with Crippen LogP contribution in [0.5, 0.6) is 5.75 Å². The van der Waals surface area contributed by atoms with E-state index in [0.29, 0.717) is 5.75 Å². The summed E-state index contributed by atoms with van der Waals surface area (Å²) in [6, 6.07) is 23.1. The zero-order valence-electron chi connectivity index (χ0n) is 19.7. The molecule has 0 aliphatic carbocycles. The third-order valence-corrected chi connectivity index (χ3v) is 7.85. The van der Waals surface area contributed by atoms with Crippen molar-refractivity contribution in [2.45, 2.75) is 37.6 Å². The molecule has 0 atom stereocenters. The number of thiazole rings is 1. The number of hydrogen-bond acceptors (Lipinski definition) is 5. The second kappa shape index (κ2) is 9.70. The van der Waals surface area contributed by atoms with E-state index in [1.807, 2.05) is 86.8 Å². The first-order valence-electron chi connectivity index (χ1n) is 11.0. The van der Waals surface area contributed by atoms with Gasteiger partial charge in [-0.1, -0.05) is 75.4 Å². The highest BCUT2D eigenvalue weighted by Crippen LogP contribution is 2.32. The van der Waals surface area contributed by atoms with Crippen molar-refractivity contribution in [1.82, 2.24) is 9.71 Å². The van der Waals surface area contributed by atoms with Crippen molar-refractivity contribution in [3.05, 3.63) is 89.3 Å². The Kier molecular flexibility index (Phi) is 6.89. The number of ether oxygens (including phenoxy) is 1. The van der Waals surface area contributed by atoms with Crippen molar-refractivity contribution < 1.29 is 13.2 Å². The Morgan fingerprint density at radius 3 is 2.38 bits per heavy atom. The van der Waals surface area contributed by atoms with Crippen LogP contribution in [0.3, 0.4) is 0 Å². The highest BCUT2D eigenvalue weighted by Gasteiger charge is 2.23. The molecule has 1 heterocycles. The molecule has 0 spiro atoms. The molecule has 4 rings (SSSR count). The first kappa shape index (κ1) is 24.1. The van der Waals surface area contributed by atoms with E-state index in [9.17, 15) is 8.42 Å². The van der Waals surface area contributed by atoms with Crippen molar-refractivity contribution in [3.63, 3.8) is 0 Å². The number of sulfonamides is 1. The Balaban J connectivity index is 1.55. The first-order chi connectivity index (χ1) is 16.2. The van der Waals surface area contributed by atoms with Gasteiger partial charge in [0.25, 0.3) is 0 Å². The molecular formula is C27H28N2O3S2. The van der Waals surface area contributed by atoms with Crippen molar-refractivity contribution in [3.8, 4) is 27.6 Å². The monoisotopic (exact) mass is 492 g/mol. The molecule has 0 fully saturated rings. The van der Waals surface area contributed by atoms with Crippen molar-refractivity contribution in [1.29, 1.82) is 0 Å². The van der Waals surface area contributed by atoms with E-state index in [-0.39, 0.29) is 16.9 Å². The lowest BCUT2D eigenvalue weighted by Crippen LogP contribution is -2.24. The smallest absolute Gasteiger partial charge is 0.244 e. The molecule has 0 amide bonds. The Bertz CT molecular complexity index is 1390. The molecule has 1 aromatic heterocycles. The Morgan fingerprint density at radius 1 is 0.941 bits per heavy atom. The quantitative estimate of drug-likeness (QED) is 0.331. The van der Waals surface area contributed by atoms with Crippen LogP contribution in [0.4, 0.5) is 0 Å². The van der Waals surface area contributed by atoms with Crippen LogP contribution in [0.2, 0.25) is 0 Å². The third-order valence-electron chi connectivity index (χ3n) is 5.53. The summed E-state index contributed by atoms with van der Waals surface area (Å²) in [5.74, 6) is 0.325. The molecular weight excluding hydrogens is 464 g/mol. The molecule has 7 heteroatoms. The molecule has 0 saturated carbocycles. The standard InChI is InChI=1S/C27H28N2O3S2/c1-27(2,3)22-13-14-24(32-4)25(16-22)34(30,31)28-17-19-9-8-12-21(15-19)26-29-23(18-33-26)20-10-6-5-7-11-20/h5-16,18,28H,17H2,1-4H3. The van der Waals surface area contributed by atoms with Crippen molar-refractivity contribution >= 4 is 21.4 Å². The molecule has 0 aliphatic heterocycles. The fraction of sp³-hybridized carbons (Fsp3) is 0.222. The van der Waals surface area contributed by atoms with Crippen LogP contribution in [0, 0.1) is 0 Å². The lowest BCUT2D eigenvalue weighted by atomic mass is 9.87. The molecule has 4 aromatic rings. The minimum atomic E-state index is -3.78. The third kappa shape index (κ3) is 5.38. The van der Waals surface area contributed by atoms with Crippen LogP contribution in [0.25, 0.3) is 21.8 Å². The lowest BCUT2D eigenvalue weighted by molar-refractivity contribution is 0.401. The van der Waals surface area contributed by atoms with E-state index < -0.39 is 10.0 Å². The van der Waals surface area contributed by atoms with Gasteiger partial charge in [0.1, 0.15) is 15.7 Å². The summed E-state index contributed by atoms with van der Waals surface area (Å²) in [5, 5.41) is 2.93. The van der Waals surface area contributed by atoms with Crippen LogP contribution in [0.1, 0.15) is 31.9 Å². The second-order valence-electron chi connectivity index (χ2n) is 9.04. The Morgan fingerprint density at radius 2 is 1.68 bits per heavy atom. The van der Waals surface area contributed by atoms with E-state index in [1.54, 1.807) is 23.5 Å². The number of rotatable bonds is 7. The zero-order valence-corrected chi connectivity index (χ0v) is 21.3. The number of aromatic nitrogens is 1. The molecule has 0 radical (unpaired) electrons. The van der Waals surface area contributed by atoms with E-state index in [2.05, 4.69) is 4.72 Å². The van der Waals surface area contributed by atoms with Gasteiger partial charge in [-0.15, -0.1) is 11.3 Å². The number of hydrogen-bond donors (Lipinski definition) is 1. The SMILES string of the molecule is COc1ccc(C(C)(C)C)cc1S(=O)(=O)NCc1cccc(-c2nc(-c3ccccc3)cs2)c1. The maximum absolute atomic E-state index is 13.2. The summed E-state index contributed by atoms with van der Waals surface area (Å²) in [5.41, 5.74) is 4.54. The molecule has 0 unspecified atom stereocenters. The second-order valence-corrected chi connectivity index (χ2v) is 11.6. The normalized spacial score (nSPS) is 12.0. The van der Waals surface area contributed by atoms with Crippen LogP contribution in [0.15, 0.2) is 83.1 Å².